The third-order valence-electron chi connectivity index (χ3n) is 0.144. The first-order valence-electron chi connectivity index (χ1n) is 4.39. The molecule has 127 valence electrons. The van der Waals surface area contributed by atoms with Crippen LogP contribution in [0, 0.1) is 27.7 Å². The van der Waals surface area contributed by atoms with Crippen LogP contribution in [0.4, 0.5) is 0 Å². The summed E-state index contributed by atoms with van der Waals surface area (Å²) in [4.78, 5) is 35.6. The number of rotatable bonds is 1. The molecule has 0 aromatic rings. The molecule has 0 atom stereocenters. The first-order chi connectivity index (χ1) is 8.84. The van der Waals surface area contributed by atoms with Crippen LogP contribution in [0.5, 0.6) is 0 Å². The molecule has 0 fully saturated rings. The van der Waals surface area contributed by atoms with Gasteiger partial charge in [-0.05, 0) is 6.54 Å². The molecule has 0 bridgehead atoms. The summed E-state index contributed by atoms with van der Waals surface area (Å²) < 4.78 is 0. The maximum atomic E-state index is 8.89. The number of hydrogen-bond acceptors (Lipinski definition) is 5. The number of carboxylic acid groups (broad SMARTS) is 4. The molecule has 0 aliphatic carbocycles. The van der Waals surface area contributed by atoms with Crippen molar-refractivity contribution in [1.29, 1.82) is 0 Å². The van der Waals surface area contributed by atoms with Gasteiger partial charge in [0.1, 0.15) is 0 Å². The molecule has 0 aromatic carbocycles. The molecule has 0 spiro atoms. The number of nitrogens with two attached hydrogens (primary N) is 1. The summed E-state index contributed by atoms with van der Waals surface area (Å²) in [5.74, 6) is -4.33. The molecule has 0 amide bonds. The van der Waals surface area contributed by atoms with E-state index in [1.54, 1.807) is 0 Å². The summed E-state index contributed by atoms with van der Waals surface area (Å²) in [5, 5.41) is 29.2. The van der Waals surface area contributed by atoms with E-state index in [0.717, 1.165) is 0 Å². The van der Waals surface area contributed by atoms with Gasteiger partial charge in [0.25, 0.3) is 0 Å². The van der Waals surface area contributed by atoms with E-state index in [0.29, 0.717) is 13.1 Å². The second-order valence-corrected chi connectivity index (χ2v) is 2.11. The predicted octanol–water partition coefficient (Wildman–Crippen LogP) is -3.27. The molecule has 7 N–H and O–H groups in total. The Morgan fingerprint density at radius 1 is 0.818 bits per heavy atom. The Bertz CT molecular complexity index is 207. The smallest absolute Gasteiger partial charge is 1.00 e. The van der Waals surface area contributed by atoms with Gasteiger partial charge in [-0.1, -0.05) is 0 Å². The standard InChI is InChI=1S/C2H7N2.4C2H3O2.Fe.Na.H/c3-1-2-4;4*1-2(3)4;;;/h3H,1-2,4H2;4*1H2,(H,3,4);;;/q5*-1;+5;+1;-1. The van der Waals surface area contributed by atoms with Gasteiger partial charge < -0.3 is 33.3 Å². The van der Waals surface area contributed by atoms with E-state index in [1.165, 1.54) is 0 Å². The fraction of sp³-hybridized carbons (Fsp3) is 0.200. The molecular formula is C10H20FeN2NaO8. The third kappa shape index (κ3) is 148000. The molecule has 0 saturated carbocycles. The second-order valence-electron chi connectivity index (χ2n) is 2.11. The van der Waals surface area contributed by atoms with Crippen molar-refractivity contribution in [1.82, 2.24) is 0 Å². The van der Waals surface area contributed by atoms with Crippen LogP contribution in [0.3, 0.4) is 0 Å². The van der Waals surface area contributed by atoms with Crippen LogP contribution in [-0.2, 0) is 36.2 Å². The zero-order valence-electron chi connectivity index (χ0n) is 13.1. The average Bonchev–Trinajstić information content (AvgIpc) is 2.13. The first-order valence-corrected chi connectivity index (χ1v) is 4.39. The van der Waals surface area contributed by atoms with Crippen LogP contribution in [0.1, 0.15) is 1.43 Å². The van der Waals surface area contributed by atoms with Crippen molar-refractivity contribution < 1.29 is 87.7 Å². The van der Waals surface area contributed by atoms with Crippen LogP contribution < -0.4 is 35.3 Å². The molecule has 1 radical (unpaired) electrons. The van der Waals surface area contributed by atoms with Crippen molar-refractivity contribution in [3.63, 3.8) is 0 Å². The molecule has 0 heterocycles. The van der Waals surface area contributed by atoms with Gasteiger partial charge in [0.15, 0.2) is 23.9 Å². The molecule has 12 heteroatoms. The summed E-state index contributed by atoms with van der Waals surface area (Å²) >= 11 is 0. The van der Waals surface area contributed by atoms with E-state index in [1.807, 2.05) is 0 Å². The number of carbonyl (C=O) groups is 4. The third-order valence-corrected chi connectivity index (χ3v) is 0.144. The van der Waals surface area contributed by atoms with E-state index in [-0.39, 0.29) is 48.1 Å². The number of carboxylic acids is 4. The average molecular weight is 375 g/mol. The fourth-order valence-electron chi connectivity index (χ4n) is 0. The van der Waals surface area contributed by atoms with Crippen molar-refractivity contribution in [2.75, 3.05) is 13.1 Å². The Hall–Kier alpha value is -1.20. The molecule has 10 nitrogen and oxygen atoms in total. The number of aliphatic carboxylic acids is 4. The minimum Gasteiger partial charge on any atom is -1.00 e. The molecule has 0 aliphatic heterocycles. The summed E-state index contributed by atoms with van der Waals surface area (Å²) in [5.41, 5.74) is 11.2. The zero-order valence-corrected chi connectivity index (χ0v) is 15.2. The Morgan fingerprint density at radius 2 is 0.864 bits per heavy atom. The van der Waals surface area contributed by atoms with Gasteiger partial charge in [0, 0.05) is 0 Å². The zero-order chi connectivity index (χ0) is 17.7. The SMILES string of the molecule is [CH2-]C(=O)O.[CH2-]C(=O)O.[CH2-]C(=O)O.[CH2-]C(=O)O.[Fe+5].[H-].[NH-]CCN.[Na+]. The molecular weight excluding hydrogens is 355 g/mol. The Morgan fingerprint density at radius 3 is 0.864 bits per heavy atom. The normalized spacial score (nSPS) is 5.73. The number of hydrogen-bond donors (Lipinski definition) is 5. The quantitative estimate of drug-likeness (QED) is 0.230. The van der Waals surface area contributed by atoms with Crippen molar-refractivity contribution in [3.8, 4) is 0 Å². The Kier molecular flexibility index (Phi) is 83.1. The molecule has 0 aliphatic rings. The van der Waals surface area contributed by atoms with Crippen molar-refractivity contribution in [2.45, 2.75) is 0 Å². The molecule has 0 rings (SSSR count). The van der Waals surface area contributed by atoms with Gasteiger partial charge >= 0.3 is 46.6 Å². The predicted molar refractivity (Wildman–Crippen MR) is 71.3 cm³/mol. The monoisotopic (exact) mass is 375 g/mol. The summed E-state index contributed by atoms with van der Waals surface area (Å²) in [6, 6.07) is 0. The van der Waals surface area contributed by atoms with Crippen LogP contribution in [0.2, 0.25) is 0 Å². The van der Waals surface area contributed by atoms with Crippen molar-refractivity contribution in [2.24, 2.45) is 5.73 Å². The first kappa shape index (κ1) is 42.8. The van der Waals surface area contributed by atoms with Gasteiger partial charge in [-0.15, -0.1) is 6.54 Å². The minimum absolute atomic E-state index is 0. The van der Waals surface area contributed by atoms with Gasteiger partial charge in [-0.3, -0.25) is 46.9 Å². The fourth-order valence-corrected chi connectivity index (χ4v) is 0. The molecule has 22 heavy (non-hydrogen) atoms. The van der Waals surface area contributed by atoms with Gasteiger partial charge in [-0.25, -0.2) is 0 Å². The maximum Gasteiger partial charge on any atom is 5.00 e. The van der Waals surface area contributed by atoms with Gasteiger partial charge in [-0.2, -0.15) is 0 Å². The van der Waals surface area contributed by atoms with Crippen LogP contribution in [0.15, 0.2) is 0 Å². The summed E-state index contributed by atoms with van der Waals surface area (Å²) in [6.07, 6.45) is 0. The molecule has 0 aromatic heterocycles. The van der Waals surface area contributed by atoms with Crippen LogP contribution in [0.25, 0.3) is 5.73 Å². The summed E-state index contributed by atoms with van der Waals surface area (Å²) in [6.45, 7) is 11.1. The second kappa shape index (κ2) is 42.7. The van der Waals surface area contributed by atoms with Crippen LogP contribution >= 0.6 is 0 Å². The number of nitrogens with one attached hydrogen (secondary N) is 1. The van der Waals surface area contributed by atoms with Gasteiger partial charge in [0.05, 0.1) is 0 Å². The van der Waals surface area contributed by atoms with E-state index < -0.39 is 23.9 Å². The van der Waals surface area contributed by atoms with E-state index in [4.69, 9.17) is 51.1 Å². The summed E-state index contributed by atoms with van der Waals surface area (Å²) in [7, 11) is 0. The Labute approximate surface area is 163 Å². The maximum absolute atomic E-state index is 8.89. The van der Waals surface area contributed by atoms with Gasteiger partial charge in [0.2, 0.25) is 0 Å². The molecule has 0 saturated heterocycles. The minimum atomic E-state index is -1.08. The van der Waals surface area contributed by atoms with Crippen molar-refractivity contribution >= 4 is 23.9 Å². The topological polar surface area (TPSA) is 199 Å². The largest absolute Gasteiger partial charge is 5.00 e. The van der Waals surface area contributed by atoms with Crippen molar-refractivity contribution in [3.05, 3.63) is 33.4 Å². The molecule has 0 unspecified atom stereocenters. The van der Waals surface area contributed by atoms with Crippen LogP contribution in [-0.4, -0.2) is 57.4 Å². The van der Waals surface area contributed by atoms with E-state index in [2.05, 4.69) is 27.7 Å². The van der Waals surface area contributed by atoms with E-state index >= 15 is 0 Å². The Balaban J connectivity index is -0.0000000197. The van der Waals surface area contributed by atoms with E-state index in [9.17, 15) is 0 Å².